The third kappa shape index (κ3) is 3.71. The van der Waals surface area contributed by atoms with Gasteiger partial charge in [-0.2, -0.15) is 0 Å². The summed E-state index contributed by atoms with van der Waals surface area (Å²) in [7, 11) is 0. The van der Waals surface area contributed by atoms with Crippen molar-refractivity contribution < 1.29 is 9.59 Å². The number of para-hydroxylation sites is 1. The molecule has 0 bridgehead atoms. The van der Waals surface area contributed by atoms with E-state index in [1.165, 1.54) is 0 Å². The van der Waals surface area contributed by atoms with Crippen LogP contribution in [0.4, 0.5) is 11.4 Å². The number of carbonyl (C=O) groups excluding carboxylic acids is 2. The summed E-state index contributed by atoms with van der Waals surface area (Å²) in [5.41, 5.74) is 2.47. The van der Waals surface area contributed by atoms with Crippen LogP contribution in [0.2, 0.25) is 10.0 Å². The fourth-order valence-electron chi connectivity index (χ4n) is 2.81. The zero-order valence-corrected chi connectivity index (χ0v) is 14.4. The minimum Gasteiger partial charge on any atom is -0.324 e. The number of nitrogens with zero attached hydrogens (tertiary/aromatic N) is 1. The largest absolute Gasteiger partial charge is 0.324 e. The maximum Gasteiger partial charge on any atom is 0.236 e. The van der Waals surface area contributed by atoms with Crippen molar-refractivity contribution >= 4 is 46.4 Å². The van der Waals surface area contributed by atoms with Crippen molar-refractivity contribution in [3.05, 3.63) is 58.1 Å². The first-order chi connectivity index (χ1) is 11.5. The first-order valence-corrected chi connectivity index (χ1v) is 8.43. The van der Waals surface area contributed by atoms with E-state index >= 15 is 0 Å². The van der Waals surface area contributed by atoms with Crippen LogP contribution in [0.1, 0.15) is 18.4 Å². The first kappa shape index (κ1) is 16.8. The van der Waals surface area contributed by atoms with Crippen LogP contribution in [0.25, 0.3) is 0 Å². The fraction of sp³-hybridized carbons (Fsp3) is 0.222. The van der Waals surface area contributed by atoms with Crippen LogP contribution in [0, 0.1) is 0 Å². The number of hydrogen-bond donors (Lipinski definition) is 1. The summed E-state index contributed by atoms with van der Waals surface area (Å²) in [6.07, 6.45) is 1.62. The van der Waals surface area contributed by atoms with Gasteiger partial charge in [-0.3, -0.25) is 9.59 Å². The third-order valence-electron chi connectivity index (χ3n) is 3.93. The second kappa shape index (κ2) is 7.24. The SMILES string of the molecule is O=C(CC(=O)N1CCCc2ccccc21)Nc1ccc(Cl)cc1Cl. The highest BCUT2D eigenvalue weighted by atomic mass is 35.5. The van der Waals surface area contributed by atoms with Crippen molar-refractivity contribution in [2.75, 3.05) is 16.8 Å². The highest BCUT2D eigenvalue weighted by Crippen LogP contribution is 2.28. The number of aryl methyl sites for hydroxylation is 1. The van der Waals surface area contributed by atoms with E-state index in [2.05, 4.69) is 5.32 Å². The summed E-state index contributed by atoms with van der Waals surface area (Å²) < 4.78 is 0. The minimum atomic E-state index is -0.396. The highest BCUT2D eigenvalue weighted by molar-refractivity contribution is 6.36. The molecule has 0 spiro atoms. The lowest BCUT2D eigenvalue weighted by molar-refractivity contribution is -0.125. The van der Waals surface area contributed by atoms with Crippen LogP contribution in [-0.2, 0) is 16.0 Å². The smallest absolute Gasteiger partial charge is 0.236 e. The normalized spacial score (nSPS) is 13.3. The van der Waals surface area contributed by atoms with Gasteiger partial charge in [0.15, 0.2) is 0 Å². The lowest BCUT2D eigenvalue weighted by Crippen LogP contribution is -2.37. The molecule has 1 N–H and O–H groups in total. The average Bonchev–Trinajstić information content (AvgIpc) is 2.57. The molecule has 6 heteroatoms. The predicted octanol–water partition coefficient (Wildman–Crippen LogP) is 4.30. The summed E-state index contributed by atoms with van der Waals surface area (Å²) in [6, 6.07) is 12.6. The summed E-state index contributed by atoms with van der Waals surface area (Å²) >= 11 is 11.9. The first-order valence-electron chi connectivity index (χ1n) is 7.68. The molecule has 0 aliphatic carbocycles. The molecule has 0 saturated carbocycles. The summed E-state index contributed by atoms with van der Waals surface area (Å²) in [4.78, 5) is 26.4. The van der Waals surface area contributed by atoms with Gasteiger partial charge in [0.1, 0.15) is 6.42 Å². The topological polar surface area (TPSA) is 49.4 Å². The molecular formula is C18H16Cl2N2O2. The van der Waals surface area contributed by atoms with Crippen molar-refractivity contribution in [3.63, 3.8) is 0 Å². The molecule has 124 valence electrons. The maximum absolute atomic E-state index is 12.5. The Morgan fingerprint density at radius 1 is 1.12 bits per heavy atom. The molecule has 1 aliphatic rings. The monoisotopic (exact) mass is 362 g/mol. The van der Waals surface area contributed by atoms with Crippen molar-refractivity contribution in [1.29, 1.82) is 0 Å². The van der Waals surface area contributed by atoms with Gasteiger partial charge in [0, 0.05) is 17.3 Å². The second-order valence-corrected chi connectivity index (χ2v) is 6.47. The molecule has 2 aromatic rings. The van der Waals surface area contributed by atoms with Crippen molar-refractivity contribution in [3.8, 4) is 0 Å². The maximum atomic E-state index is 12.5. The zero-order chi connectivity index (χ0) is 17.1. The van der Waals surface area contributed by atoms with Gasteiger partial charge >= 0.3 is 0 Å². The molecule has 0 atom stereocenters. The Kier molecular flexibility index (Phi) is 5.07. The molecular weight excluding hydrogens is 347 g/mol. The number of fused-ring (bicyclic) bond motifs is 1. The van der Waals surface area contributed by atoms with E-state index in [0.717, 1.165) is 24.1 Å². The van der Waals surface area contributed by atoms with Gasteiger partial charge in [0.05, 0.1) is 10.7 Å². The third-order valence-corrected chi connectivity index (χ3v) is 4.48. The Balaban J connectivity index is 1.68. The van der Waals surface area contributed by atoms with Crippen LogP contribution in [0.5, 0.6) is 0 Å². The van der Waals surface area contributed by atoms with E-state index < -0.39 is 5.91 Å². The summed E-state index contributed by atoms with van der Waals surface area (Å²) in [5, 5.41) is 3.48. The number of benzene rings is 2. The number of anilines is 2. The van der Waals surface area contributed by atoms with Crippen LogP contribution >= 0.6 is 23.2 Å². The minimum absolute atomic E-state index is 0.218. The average molecular weight is 363 g/mol. The van der Waals surface area contributed by atoms with E-state index in [4.69, 9.17) is 23.2 Å². The van der Waals surface area contributed by atoms with E-state index in [9.17, 15) is 9.59 Å². The highest BCUT2D eigenvalue weighted by Gasteiger charge is 2.24. The lowest BCUT2D eigenvalue weighted by Gasteiger charge is -2.29. The molecule has 1 aliphatic heterocycles. The number of nitrogens with one attached hydrogen (secondary N) is 1. The van der Waals surface area contributed by atoms with Gasteiger partial charge in [0.2, 0.25) is 11.8 Å². The van der Waals surface area contributed by atoms with Gasteiger partial charge in [0.25, 0.3) is 0 Å². The van der Waals surface area contributed by atoms with Crippen molar-refractivity contribution in [1.82, 2.24) is 0 Å². The van der Waals surface area contributed by atoms with Gasteiger partial charge in [-0.1, -0.05) is 41.4 Å². The molecule has 0 saturated heterocycles. The fourth-order valence-corrected chi connectivity index (χ4v) is 3.27. The lowest BCUT2D eigenvalue weighted by atomic mass is 10.0. The van der Waals surface area contributed by atoms with Crippen LogP contribution in [0.15, 0.2) is 42.5 Å². The molecule has 0 unspecified atom stereocenters. The molecule has 24 heavy (non-hydrogen) atoms. The molecule has 1 heterocycles. The Hall–Kier alpha value is -2.04. The molecule has 0 radical (unpaired) electrons. The Bertz CT molecular complexity index is 792. The Labute approximate surface area is 150 Å². The summed E-state index contributed by atoms with van der Waals surface area (Å²) in [6.45, 7) is 0.630. The molecule has 2 aromatic carbocycles. The van der Waals surface area contributed by atoms with E-state index in [-0.39, 0.29) is 12.3 Å². The molecule has 0 fully saturated rings. The number of rotatable bonds is 3. The molecule has 3 rings (SSSR count). The standard InChI is InChI=1S/C18H16Cl2N2O2/c19-13-7-8-15(14(20)10-13)21-17(23)11-18(24)22-9-3-5-12-4-1-2-6-16(12)22/h1-2,4,6-8,10H,3,5,9,11H2,(H,21,23). The number of halogens is 2. The van der Waals surface area contributed by atoms with Crippen molar-refractivity contribution in [2.24, 2.45) is 0 Å². The van der Waals surface area contributed by atoms with Crippen molar-refractivity contribution in [2.45, 2.75) is 19.3 Å². The zero-order valence-electron chi connectivity index (χ0n) is 12.9. The molecule has 4 nitrogen and oxygen atoms in total. The quantitative estimate of drug-likeness (QED) is 0.827. The van der Waals surface area contributed by atoms with Crippen LogP contribution in [0.3, 0.4) is 0 Å². The predicted molar refractivity (Wildman–Crippen MR) is 96.8 cm³/mol. The molecule has 2 amide bonds. The van der Waals surface area contributed by atoms with Gasteiger partial charge in [-0.25, -0.2) is 0 Å². The van der Waals surface area contributed by atoms with E-state index in [1.807, 2.05) is 24.3 Å². The summed E-state index contributed by atoms with van der Waals surface area (Å²) in [5.74, 6) is -0.614. The van der Waals surface area contributed by atoms with Crippen LogP contribution < -0.4 is 10.2 Å². The number of carbonyl (C=O) groups is 2. The van der Waals surface area contributed by atoms with Gasteiger partial charge < -0.3 is 10.2 Å². The number of amides is 2. The van der Waals surface area contributed by atoms with Gasteiger partial charge in [-0.05, 0) is 42.7 Å². The second-order valence-electron chi connectivity index (χ2n) is 5.63. The van der Waals surface area contributed by atoms with E-state index in [0.29, 0.717) is 22.3 Å². The Morgan fingerprint density at radius 3 is 2.71 bits per heavy atom. The van der Waals surface area contributed by atoms with Crippen LogP contribution in [-0.4, -0.2) is 18.4 Å². The molecule has 0 aromatic heterocycles. The Morgan fingerprint density at radius 2 is 1.92 bits per heavy atom. The van der Waals surface area contributed by atoms with E-state index in [1.54, 1.807) is 23.1 Å². The number of hydrogen-bond acceptors (Lipinski definition) is 2. The van der Waals surface area contributed by atoms with Gasteiger partial charge in [-0.15, -0.1) is 0 Å².